The van der Waals surface area contributed by atoms with Crippen molar-refractivity contribution in [2.45, 2.75) is 6.54 Å². The summed E-state index contributed by atoms with van der Waals surface area (Å²) in [7, 11) is 1.88. The van der Waals surface area contributed by atoms with Gasteiger partial charge in [-0.3, -0.25) is 4.79 Å². The number of aromatic nitrogens is 3. The molecule has 0 aliphatic carbocycles. The Labute approximate surface area is 99.8 Å². The van der Waals surface area contributed by atoms with Crippen molar-refractivity contribution in [1.29, 1.82) is 0 Å². The van der Waals surface area contributed by atoms with Gasteiger partial charge in [0.25, 0.3) is 0 Å². The Morgan fingerprint density at radius 3 is 2.94 bits per heavy atom. The third-order valence-corrected chi connectivity index (χ3v) is 2.73. The van der Waals surface area contributed by atoms with E-state index in [1.165, 1.54) is 0 Å². The van der Waals surface area contributed by atoms with Crippen molar-refractivity contribution in [3.63, 3.8) is 0 Å². The summed E-state index contributed by atoms with van der Waals surface area (Å²) in [5.74, 6) is 0.926. The Bertz CT molecular complexity index is 373. The van der Waals surface area contributed by atoms with Gasteiger partial charge in [-0.1, -0.05) is 0 Å². The molecule has 17 heavy (non-hydrogen) atoms. The molecule has 1 aliphatic rings. The highest BCUT2D eigenvalue weighted by Crippen LogP contribution is 1.97. The fourth-order valence-corrected chi connectivity index (χ4v) is 1.67. The zero-order valence-corrected chi connectivity index (χ0v) is 9.93. The second kappa shape index (κ2) is 5.74. The quantitative estimate of drug-likeness (QED) is 0.712. The fourth-order valence-electron chi connectivity index (χ4n) is 1.67. The molecule has 1 saturated heterocycles. The monoisotopic (exact) mass is 239 g/mol. The Morgan fingerprint density at radius 2 is 2.29 bits per heavy atom. The Hall–Kier alpha value is -1.47. The molecule has 0 bridgehead atoms. The Kier molecular flexibility index (Phi) is 4.05. The van der Waals surface area contributed by atoms with E-state index in [1.807, 2.05) is 16.5 Å². The number of amides is 1. The summed E-state index contributed by atoms with van der Waals surface area (Å²) >= 11 is 0. The number of carbonyl (C=O) groups is 1. The van der Waals surface area contributed by atoms with Gasteiger partial charge in [-0.05, 0) is 0 Å². The molecule has 0 radical (unpaired) electrons. The van der Waals surface area contributed by atoms with Crippen molar-refractivity contribution in [2.24, 2.45) is 7.05 Å². The van der Waals surface area contributed by atoms with Gasteiger partial charge >= 0.3 is 0 Å². The van der Waals surface area contributed by atoms with E-state index in [4.69, 9.17) is 4.74 Å². The van der Waals surface area contributed by atoms with Gasteiger partial charge in [0.2, 0.25) is 5.91 Å². The number of nitrogens with one attached hydrogen (secondary N) is 1. The average molecular weight is 239 g/mol. The molecule has 94 valence electrons. The normalized spacial score (nSPS) is 16.2. The van der Waals surface area contributed by atoms with Crippen molar-refractivity contribution in [3.8, 4) is 0 Å². The largest absolute Gasteiger partial charge is 0.378 e. The van der Waals surface area contributed by atoms with Crippen LogP contribution < -0.4 is 5.32 Å². The Morgan fingerprint density at radius 1 is 1.53 bits per heavy atom. The van der Waals surface area contributed by atoms with Crippen LogP contribution in [0.1, 0.15) is 5.82 Å². The molecule has 1 aromatic heterocycles. The number of hydrogen-bond acceptors (Lipinski definition) is 5. The molecule has 1 fully saturated rings. The van der Waals surface area contributed by atoms with E-state index in [-0.39, 0.29) is 5.91 Å². The average Bonchev–Trinajstić information content (AvgIpc) is 2.76. The molecule has 0 unspecified atom stereocenters. The number of carbonyl (C=O) groups excluding carboxylic acids is 1. The van der Waals surface area contributed by atoms with Crippen LogP contribution in [0.5, 0.6) is 0 Å². The first-order chi connectivity index (χ1) is 8.27. The molecule has 0 saturated carbocycles. The summed E-state index contributed by atoms with van der Waals surface area (Å²) in [6, 6.07) is 0. The van der Waals surface area contributed by atoms with Gasteiger partial charge in [-0.2, -0.15) is 0 Å². The molecular formula is C10H17N5O2. The van der Waals surface area contributed by atoms with Crippen LogP contribution in [-0.4, -0.2) is 58.4 Å². The summed E-state index contributed by atoms with van der Waals surface area (Å²) < 4.78 is 7.02. The molecule has 0 spiro atoms. The lowest BCUT2D eigenvalue weighted by atomic mass is 10.4. The number of hydrogen-bond donors (Lipinski definition) is 1. The molecule has 0 aromatic carbocycles. The van der Waals surface area contributed by atoms with E-state index in [0.717, 1.165) is 5.82 Å². The summed E-state index contributed by atoms with van der Waals surface area (Å²) in [6.07, 6.45) is 1.64. The summed E-state index contributed by atoms with van der Waals surface area (Å²) in [4.78, 5) is 13.6. The lowest BCUT2D eigenvalue weighted by Crippen LogP contribution is -2.44. The van der Waals surface area contributed by atoms with Crippen LogP contribution in [0.3, 0.4) is 0 Å². The highest BCUT2D eigenvalue weighted by molar-refractivity contribution is 5.78. The van der Waals surface area contributed by atoms with E-state index >= 15 is 0 Å². The van der Waals surface area contributed by atoms with Crippen LogP contribution in [0.2, 0.25) is 0 Å². The third kappa shape index (κ3) is 3.24. The van der Waals surface area contributed by atoms with E-state index in [0.29, 0.717) is 39.4 Å². The highest BCUT2D eigenvalue weighted by atomic mass is 16.5. The second-order valence-corrected chi connectivity index (χ2v) is 3.95. The van der Waals surface area contributed by atoms with Gasteiger partial charge in [-0.15, -0.1) is 10.2 Å². The van der Waals surface area contributed by atoms with E-state index in [9.17, 15) is 4.79 Å². The lowest BCUT2D eigenvalue weighted by Gasteiger charge is -2.26. The minimum absolute atomic E-state index is 0.107. The van der Waals surface area contributed by atoms with Gasteiger partial charge in [-0.25, -0.2) is 0 Å². The van der Waals surface area contributed by atoms with Crippen LogP contribution in [0.4, 0.5) is 0 Å². The molecule has 1 N–H and O–H groups in total. The first kappa shape index (κ1) is 12.0. The van der Waals surface area contributed by atoms with Gasteiger partial charge in [0.15, 0.2) is 0 Å². The molecule has 1 aliphatic heterocycles. The molecule has 0 atom stereocenters. The number of aryl methyl sites for hydroxylation is 1. The van der Waals surface area contributed by atoms with Gasteiger partial charge in [0.05, 0.1) is 26.3 Å². The van der Waals surface area contributed by atoms with Crippen LogP contribution >= 0.6 is 0 Å². The molecule has 2 rings (SSSR count). The molecule has 1 aromatic rings. The van der Waals surface area contributed by atoms with E-state index in [1.54, 1.807) is 6.33 Å². The van der Waals surface area contributed by atoms with Crippen molar-refractivity contribution in [2.75, 3.05) is 32.8 Å². The zero-order chi connectivity index (χ0) is 12.1. The minimum Gasteiger partial charge on any atom is -0.378 e. The topological polar surface area (TPSA) is 72.3 Å². The number of nitrogens with zero attached hydrogens (tertiary/aromatic N) is 4. The second-order valence-electron chi connectivity index (χ2n) is 3.95. The van der Waals surface area contributed by atoms with Crippen LogP contribution in [0, 0.1) is 0 Å². The van der Waals surface area contributed by atoms with Gasteiger partial charge < -0.3 is 19.5 Å². The predicted octanol–water partition coefficient (Wildman–Crippen LogP) is -1.24. The minimum atomic E-state index is 0.107. The molecule has 7 nitrogen and oxygen atoms in total. The predicted molar refractivity (Wildman–Crippen MR) is 60.1 cm³/mol. The van der Waals surface area contributed by atoms with Crippen LogP contribution in [0.15, 0.2) is 6.33 Å². The maximum atomic E-state index is 11.8. The molecular weight excluding hydrogens is 222 g/mol. The standard InChI is InChI=1S/C10H17N5O2/c1-14-8-12-13-9(14)6-11-7-10(16)15-2-4-17-5-3-15/h8,11H,2-7H2,1H3. The number of ether oxygens (including phenoxy) is 1. The van der Waals surface area contributed by atoms with E-state index in [2.05, 4.69) is 15.5 Å². The first-order valence-electron chi connectivity index (χ1n) is 5.66. The zero-order valence-electron chi connectivity index (χ0n) is 9.93. The molecule has 2 heterocycles. The Balaban J connectivity index is 1.71. The van der Waals surface area contributed by atoms with Gasteiger partial charge in [0, 0.05) is 20.1 Å². The summed E-state index contributed by atoms with van der Waals surface area (Å²) in [5, 5.41) is 10.8. The number of morpholine rings is 1. The van der Waals surface area contributed by atoms with Crippen molar-refractivity contribution in [1.82, 2.24) is 25.0 Å². The molecule has 7 heteroatoms. The maximum Gasteiger partial charge on any atom is 0.236 e. The highest BCUT2D eigenvalue weighted by Gasteiger charge is 2.16. The number of rotatable bonds is 4. The third-order valence-electron chi connectivity index (χ3n) is 2.73. The molecule has 1 amide bonds. The van der Waals surface area contributed by atoms with Crippen LogP contribution in [-0.2, 0) is 23.1 Å². The lowest BCUT2D eigenvalue weighted by molar-refractivity contribution is -0.134. The van der Waals surface area contributed by atoms with Crippen molar-refractivity contribution in [3.05, 3.63) is 12.2 Å². The smallest absolute Gasteiger partial charge is 0.236 e. The first-order valence-corrected chi connectivity index (χ1v) is 5.66. The van der Waals surface area contributed by atoms with Crippen molar-refractivity contribution >= 4 is 5.91 Å². The summed E-state index contributed by atoms with van der Waals surface area (Å²) in [5.41, 5.74) is 0. The van der Waals surface area contributed by atoms with E-state index < -0.39 is 0 Å². The van der Waals surface area contributed by atoms with Crippen molar-refractivity contribution < 1.29 is 9.53 Å². The fraction of sp³-hybridized carbons (Fsp3) is 0.700. The van der Waals surface area contributed by atoms with Gasteiger partial charge in [0.1, 0.15) is 12.2 Å². The maximum absolute atomic E-state index is 11.8. The summed E-state index contributed by atoms with van der Waals surface area (Å²) in [6.45, 7) is 3.51. The SMILES string of the molecule is Cn1cnnc1CNCC(=O)N1CCOCC1. The van der Waals surface area contributed by atoms with Crippen LogP contribution in [0.25, 0.3) is 0 Å².